The van der Waals surface area contributed by atoms with Crippen LogP contribution in [-0.2, 0) is 7.05 Å². The fourth-order valence-electron chi connectivity index (χ4n) is 2.92. The molecule has 0 spiro atoms. The van der Waals surface area contributed by atoms with Crippen LogP contribution in [0.25, 0.3) is 27.2 Å². The number of nitriles is 1. The zero-order chi connectivity index (χ0) is 21.1. The van der Waals surface area contributed by atoms with Crippen LogP contribution in [0, 0.1) is 11.3 Å². The van der Waals surface area contributed by atoms with Crippen LogP contribution in [-0.4, -0.2) is 37.7 Å². The number of aliphatic hydroxyl groups excluding tert-OH is 1. The third-order valence-electron chi connectivity index (χ3n) is 4.43. The van der Waals surface area contributed by atoms with Crippen molar-refractivity contribution in [3.05, 3.63) is 59.3 Å². The first-order chi connectivity index (χ1) is 14.6. The molecule has 2 aromatic carbocycles. The van der Waals surface area contributed by atoms with Crippen LogP contribution in [0.2, 0.25) is 0 Å². The molecule has 0 saturated heterocycles. The number of thioether (sulfide) groups is 1. The van der Waals surface area contributed by atoms with Crippen molar-refractivity contribution in [2.75, 3.05) is 12.9 Å². The number of aliphatic hydroxyl groups is 1. The first kappa shape index (κ1) is 19.9. The summed E-state index contributed by atoms with van der Waals surface area (Å²) in [5.41, 5.74) is 1.81. The number of hydrogen-bond acceptors (Lipinski definition) is 8. The molecule has 150 valence electrons. The number of nitrogens with zero attached hydrogens (tertiary/aromatic N) is 5. The van der Waals surface area contributed by atoms with Gasteiger partial charge < -0.3 is 14.4 Å². The molecule has 0 atom stereocenters. The van der Waals surface area contributed by atoms with Crippen molar-refractivity contribution in [2.45, 2.75) is 5.16 Å². The van der Waals surface area contributed by atoms with E-state index < -0.39 is 0 Å². The van der Waals surface area contributed by atoms with Crippen molar-refractivity contribution in [3.63, 3.8) is 0 Å². The first-order valence-corrected chi connectivity index (χ1v) is 10.8. The lowest BCUT2D eigenvalue weighted by molar-refractivity contribution is 0.416. The number of aromatic nitrogens is 4. The van der Waals surface area contributed by atoms with Crippen molar-refractivity contribution in [2.24, 2.45) is 7.05 Å². The highest BCUT2D eigenvalue weighted by atomic mass is 32.2. The van der Waals surface area contributed by atoms with Crippen LogP contribution < -0.4 is 4.74 Å². The highest BCUT2D eigenvalue weighted by Gasteiger charge is 2.18. The van der Waals surface area contributed by atoms with Crippen LogP contribution in [0.3, 0.4) is 0 Å². The van der Waals surface area contributed by atoms with Crippen molar-refractivity contribution in [1.82, 2.24) is 19.7 Å². The molecule has 0 aliphatic heterocycles. The minimum Gasteiger partial charge on any atom is -0.510 e. The zero-order valence-electron chi connectivity index (χ0n) is 16.2. The maximum absolute atomic E-state index is 10.6. The minimum atomic E-state index is -0.0385. The van der Waals surface area contributed by atoms with E-state index in [1.807, 2.05) is 60.1 Å². The maximum Gasteiger partial charge on any atom is 0.191 e. The van der Waals surface area contributed by atoms with Crippen LogP contribution in [0.5, 0.6) is 5.75 Å². The Morgan fingerprint density at radius 1 is 1.20 bits per heavy atom. The second-order valence-corrected chi connectivity index (χ2v) is 8.25. The molecule has 4 aromatic rings. The minimum absolute atomic E-state index is 0.0385. The van der Waals surface area contributed by atoms with Crippen molar-refractivity contribution in [1.29, 1.82) is 5.26 Å². The van der Waals surface area contributed by atoms with Gasteiger partial charge in [-0.3, -0.25) is 0 Å². The zero-order valence-corrected chi connectivity index (χ0v) is 17.9. The molecule has 0 fully saturated rings. The van der Waals surface area contributed by atoms with E-state index in [4.69, 9.17) is 4.74 Å². The summed E-state index contributed by atoms with van der Waals surface area (Å²) in [4.78, 5) is 4.46. The van der Waals surface area contributed by atoms with Crippen LogP contribution in [0.1, 0.15) is 5.01 Å². The number of allylic oxidation sites excluding steroid dienone is 1. The van der Waals surface area contributed by atoms with E-state index in [2.05, 4.69) is 21.3 Å². The molecular formula is C21H17N5O2S2. The number of rotatable bonds is 6. The molecule has 0 saturated carbocycles. The van der Waals surface area contributed by atoms with Crippen LogP contribution >= 0.6 is 23.1 Å². The summed E-state index contributed by atoms with van der Waals surface area (Å²) in [6, 6.07) is 17.3. The molecule has 30 heavy (non-hydrogen) atoms. The highest BCUT2D eigenvalue weighted by Crippen LogP contribution is 2.32. The topological polar surface area (TPSA) is 96.8 Å². The molecule has 0 aliphatic carbocycles. The quantitative estimate of drug-likeness (QED) is 0.267. The summed E-state index contributed by atoms with van der Waals surface area (Å²) in [5.74, 6) is 1.50. The second kappa shape index (κ2) is 8.57. The largest absolute Gasteiger partial charge is 0.510 e. The third-order valence-corrected chi connectivity index (χ3v) is 6.51. The molecule has 0 bridgehead atoms. The molecule has 2 aromatic heterocycles. The van der Waals surface area contributed by atoms with E-state index in [-0.39, 0.29) is 17.1 Å². The fourth-order valence-corrected chi connectivity index (χ4v) is 4.70. The molecule has 4 rings (SSSR count). The lowest BCUT2D eigenvalue weighted by Crippen LogP contribution is -1.98. The number of para-hydroxylation sites is 2. The van der Waals surface area contributed by atoms with E-state index in [1.54, 1.807) is 7.11 Å². The monoisotopic (exact) mass is 435 g/mol. The van der Waals surface area contributed by atoms with Crippen molar-refractivity contribution < 1.29 is 9.84 Å². The number of thiazole rings is 1. The van der Waals surface area contributed by atoms with Crippen LogP contribution in [0.15, 0.2) is 59.4 Å². The number of benzene rings is 2. The number of fused-ring (bicyclic) bond motifs is 1. The predicted octanol–water partition coefficient (Wildman–Crippen LogP) is 4.69. The summed E-state index contributed by atoms with van der Waals surface area (Å²) in [6.45, 7) is 0. The lowest BCUT2D eigenvalue weighted by atomic mass is 10.2. The lowest BCUT2D eigenvalue weighted by Gasteiger charge is -2.08. The van der Waals surface area contributed by atoms with Gasteiger partial charge in [-0.15, -0.1) is 21.5 Å². The summed E-state index contributed by atoms with van der Waals surface area (Å²) in [7, 11) is 3.46. The molecule has 1 N–H and O–H groups in total. The Morgan fingerprint density at radius 2 is 1.97 bits per heavy atom. The molecular weight excluding hydrogens is 418 g/mol. The average molecular weight is 436 g/mol. The summed E-state index contributed by atoms with van der Waals surface area (Å²) < 4.78 is 8.21. The summed E-state index contributed by atoms with van der Waals surface area (Å²) in [5, 5.41) is 29.8. The van der Waals surface area contributed by atoms with E-state index >= 15 is 0 Å². The van der Waals surface area contributed by atoms with Gasteiger partial charge in [0.15, 0.2) is 11.0 Å². The van der Waals surface area contributed by atoms with Gasteiger partial charge in [0.25, 0.3) is 0 Å². The fraction of sp³-hybridized carbons (Fsp3) is 0.143. The Hall–Kier alpha value is -3.35. The van der Waals surface area contributed by atoms with Crippen LogP contribution in [0.4, 0.5) is 0 Å². The van der Waals surface area contributed by atoms with Gasteiger partial charge in [0.05, 0.1) is 28.6 Å². The molecule has 0 radical (unpaired) electrons. The first-order valence-electron chi connectivity index (χ1n) is 8.96. The Labute approximate surface area is 181 Å². The SMILES string of the molecule is COc1ccccc1-c1nnc(SC/C(O)=C(\C#N)c2nc3ccccc3s2)n1C. The molecule has 7 nitrogen and oxygen atoms in total. The molecule has 0 amide bonds. The third kappa shape index (κ3) is 3.75. The molecule has 9 heteroatoms. The molecule has 0 unspecified atom stereocenters. The number of ether oxygens (including phenoxy) is 1. The van der Waals surface area contributed by atoms with Gasteiger partial charge in [0, 0.05) is 7.05 Å². The van der Waals surface area contributed by atoms with Gasteiger partial charge in [-0.05, 0) is 24.3 Å². The highest BCUT2D eigenvalue weighted by molar-refractivity contribution is 7.99. The second-order valence-electron chi connectivity index (χ2n) is 6.27. The van der Waals surface area contributed by atoms with E-state index in [9.17, 15) is 10.4 Å². The van der Waals surface area contributed by atoms with Gasteiger partial charge in [-0.2, -0.15) is 5.26 Å². The summed E-state index contributed by atoms with van der Waals surface area (Å²) in [6.07, 6.45) is 0. The standard InChI is InChI=1S/C21H17N5O2S2/c1-26-19(13-7-3-5-9-17(13)28-2)24-25-21(26)29-12-16(27)14(11-22)20-23-15-8-4-6-10-18(15)30-20/h3-10,27H,12H2,1-2H3/b16-14-. The Kier molecular flexibility index (Phi) is 5.70. The predicted molar refractivity (Wildman–Crippen MR) is 118 cm³/mol. The van der Waals surface area contributed by atoms with Gasteiger partial charge in [-0.1, -0.05) is 36.0 Å². The molecule has 0 aliphatic rings. The average Bonchev–Trinajstić information content (AvgIpc) is 3.36. The number of hydrogen-bond donors (Lipinski definition) is 1. The summed E-state index contributed by atoms with van der Waals surface area (Å²) >= 11 is 2.68. The van der Waals surface area contributed by atoms with Gasteiger partial charge in [0.1, 0.15) is 28.2 Å². The smallest absolute Gasteiger partial charge is 0.191 e. The Morgan fingerprint density at radius 3 is 2.73 bits per heavy atom. The normalized spacial score (nSPS) is 11.9. The Balaban J connectivity index is 1.58. The maximum atomic E-state index is 10.6. The van der Waals surface area contributed by atoms with E-state index in [0.29, 0.717) is 21.7 Å². The van der Waals surface area contributed by atoms with Gasteiger partial charge in [-0.25, -0.2) is 4.98 Å². The van der Waals surface area contributed by atoms with Gasteiger partial charge in [0.2, 0.25) is 0 Å². The van der Waals surface area contributed by atoms with E-state index in [1.165, 1.54) is 23.1 Å². The van der Waals surface area contributed by atoms with E-state index in [0.717, 1.165) is 15.8 Å². The van der Waals surface area contributed by atoms with Crippen molar-refractivity contribution in [3.8, 4) is 23.2 Å². The van der Waals surface area contributed by atoms with Gasteiger partial charge >= 0.3 is 0 Å². The Bertz CT molecular complexity index is 1250. The van der Waals surface area contributed by atoms with Crippen molar-refractivity contribution >= 4 is 38.9 Å². The molecule has 2 heterocycles. The number of methoxy groups -OCH3 is 1.